The maximum atomic E-state index is 3.43. The Morgan fingerprint density at radius 3 is 1.23 bits per heavy atom. The van der Waals surface area contributed by atoms with Crippen LogP contribution >= 0.6 is 0 Å². The van der Waals surface area contributed by atoms with E-state index in [0.717, 1.165) is 24.0 Å². The van der Waals surface area contributed by atoms with Crippen molar-refractivity contribution < 1.29 is 32.7 Å². The number of hydrogen-bond donors (Lipinski definition) is 0. The van der Waals surface area contributed by atoms with Crippen LogP contribution in [0.1, 0.15) is 82.1 Å². The first-order chi connectivity index (χ1) is 14.0. The molecular weight excluding hydrogens is 449 g/mol. The van der Waals surface area contributed by atoms with Crippen molar-refractivity contribution in [2.24, 2.45) is 11.8 Å². The average molecular weight is 490 g/mol. The van der Waals surface area contributed by atoms with Gasteiger partial charge in [0.15, 0.2) is 0 Å². The summed E-state index contributed by atoms with van der Waals surface area (Å²) in [5, 5.41) is 0. The maximum Gasteiger partial charge on any atom is 0 e. The van der Waals surface area contributed by atoms with Gasteiger partial charge in [-0.25, -0.2) is 12.2 Å². The molecule has 1 heteroatoms. The molecular formula is C30H40Y-2. The maximum absolute atomic E-state index is 3.43. The van der Waals surface area contributed by atoms with Gasteiger partial charge in [-0.15, -0.1) is 13.8 Å². The van der Waals surface area contributed by atoms with Crippen molar-refractivity contribution in [2.75, 3.05) is 0 Å². The van der Waals surface area contributed by atoms with Gasteiger partial charge in [-0.3, -0.25) is 11.1 Å². The van der Waals surface area contributed by atoms with Crippen LogP contribution in [-0.2, 0) is 32.7 Å². The van der Waals surface area contributed by atoms with Crippen molar-refractivity contribution >= 4 is 0 Å². The third-order valence-corrected chi connectivity index (χ3v) is 6.94. The largest absolute Gasteiger partial charge is 0.260 e. The second-order valence-corrected chi connectivity index (χ2v) is 9.47. The molecule has 0 heterocycles. The van der Waals surface area contributed by atoms with E-state index in [-0.39, 0.29) is 32.7 Å². The van der Waals surface area contributed by atoms with Crippen LogP contribution in [0.3, 0.4) is 0 Å². The molecule has 0 spiro atoms. The van der Waals surface area contributed by atoms with Crippen molar-refractivity contribution in [2.45, 2.75) is 82.1 Å². The van der Waals surface area contributed by atoms with Gasteiger partial charge < -0.3 is 0 Å². The van der Waals surface area contributed by atoms with Gasteiger partial charge in [-0.2, -0.15) is 24.3 Å². The Morgan fingerprint density at radius 2 is 0.968 bits per heavy atom. The summed E-state index contributed by atoms with van der Waals surface area (Å²) in [7, 11) is 0. The van der Waals surface area contributed by atoms with E-state index >= 15 is 0 Å². The van der Waals surface area contributed by atoms with Crippen LogP contribution in [0.15, 0.2) is 80.0 Å². The summed E-state index contributed by atoms with van der Waals surface area (Å²) in [6.07, 6.45) is 17.6. The summed E-state index contributed by atoms with van der Waals surface area (Å²) in [5.74, 6) is 1.24. The zero-order chi connectivity index (χ0) is 22.6. The minimum absolute atomic E-state index is 0. The Labute approximate surface area is 217 Å². The van der Waals surface area contributed by atoms with Gasteiger partial charge in [-0.05, 0) is 63.5 Å². The minimum Gasteiger partial charge on any atom is -0.260 e. The summed E-state index contributed by atoms with van der Waals surface area (Å²) < 4.78 is 0. The van der Waals surface area contributed by atoms with E-state index < -0.39 is 0 Å². The fourth-order valence-electron chi connectivity index (χ4n) is 4.30. The van der Waals surface area contributed by atoms with E-state index in [1.54, 1.807) is 11.1 Å². The van der Waals surface area contributed by atoms with Crippen molar-refractivity contribution in [1.82, 2.24) is 0 Å². The average Bonchev–Trinajstić information content (AvgIpc) is 3.13. The molecule has 0 fully saturated rings. The third-order valence-electron chi connectivity index (χ3n) is 6.94. The van der Waals surface area contributed by atoms with Gasteiger partial charge >= 0.3 is 0 Å². The monoisotopic (exact) mass is 489 g/mol. The van der Waals surface area contributed by atoms with Crippen LogP contribution < -0.4 is 0 Å². The molecule has 0 unspecified atom stereocenters. The Hall–Kier alpha value is -0.976. The number of rotatable bonds is 7. The van der Waals surface area contributed by atoms with E-state index in [1.165, 1.54) is 33.4 Å². The zero-order valence-electron chi connectivity index (χ0n) is 21.5. The second-order valence-electron chi connectivity index (χ2n) is 9.47. The Morgan fingerprint density at radius 1 is 0.645 bits per heavy atom. The summed E-state index contributed by atoms with van der Waals surface area (Å²) in [6.45, 7) is 22.4. The van der Waals surface area contributed by atoms with Crippen molar-refractivity contribution in [3.63, 3.8) is 0 Å². The predicted molar refractivity (Wildman–Crippen MR) is 133 cm³/mol. The van der Waals surface area contributed by atoms with Crippen molar-refractivity contribution in [3.05, 3.63) is 92.2 Å². The SMILES string of the molecule is CC(=[C-]/C=C/C1=C(C)C(C)=C(C(C)C)C1)C(C)=[C-]/C=C/C1=C(C)C(C)=C(C(C)C)C1.[Y]. The molecule has 31 heavy (non-hydrogen) atoms. The van der Waals surface area contributed by atoms with E-state index in [0.29, 0.717) is 11.8 Å². The standard InChI is InChI=1S/C30H40.Y/c1-19(2)29-17-27(23(7)25(29)9)15-11-13-21(5)22(6)14-12-16-28-18-30(20(3)4)26(10)24(28)8;/h11-12,15-16,19-20H,17-18H2,1-10H3;/q-2;/b15-11+,16-12+;. The molecule has 0 bridgehead atoms. The molecule has 0 aromatic carbocycles. The molecule has 0 saturated carbocycles. The van der Waals surface area contributed by atoms with Gasteiger partial charge in [-0.1, -0.05) is 61.1 Å². The quantitative estimate of drug-likeness (QED) is 0.247. The first-order valence-corrected chi connectivity index (χ1v) is 11.4. The number of hydrogen-bond acceptors (Lipinski definition) is 0. The van der Waals surface area contributed by atoms with E-state index in [2.05, 4.69) is 106 Å². The molecule has 0 N–H and O–H groups in total. The zero-order valence-corrected chi connectivity index (χ0v) is 24.3. The molecule has 2 aliphatic rings. The van der Waals surface area contributed by atoms with E-state index in [9.17, 15) is 0 Å². The van der Waals surface area contributed by atoms with Gasteiger partial charge in [0.1, 0.15) is 0 Å². The molecule has 0 aliphatic heterocycles. The van der Waals surface area contributed by atoms with Crippen LogP contribution in [0.4, 0.5) is 0 Å². The second kappa shape index (κ2) is 12.3. The Bertz CT molecular complexity index is 853. The van der Waals surface area contributed by atoms with Crippen LogP contribution in [0.5, 0.6) is 0 Å². The summed E-state index contributed by atoms with van der Waals surface area (Å²) in [6, 6.07) is 0. The molecule has 2 rings (SSSR count). The molecule has 2 aliphatic carbocycles. The smallest absolute Gasteiger partial charge is 0 e. The molecule has 0 amide bonds. The van der Waals surface area contributed by atoms with Gasteiger partial charge in [0.05, 0.1) is 0 Å². The minimum atomic E-state index is 0. The molecule has 165 valence electrons. The molecule has 0 atom stereocenters. The summed E-state index contributed by atoms with van der Waals surface area (Å²) >= 11 is 0. The summed E-state index contributed by atoms with van der Waals surface area (Å²) in [4.78, 5) is 0. The predicted octanol–water partition coefficient (Wildman–Crippen LogP) is 8.98. The van der Waals surface area contributed by atoms with E-state index in [4.69, 9.17) is 0 Å². The van der Waals surface area contributed by atoms with E-state index in [1.807, 2.05) is 0 Å². The van der Waals surface area contributed by atoms with Gasteiger partial charge in [0.25, 0.3) is 0 Å². The first-order valence-electron chi connectivity index (χ1n) is 11.4. The van der Waals surface area contributed by atoms with Gasteiger partial charge in [0.2, 0.25) is 0 Å². The Kier molecular flexibility index (Phi) is 11.1. The van der Waals surface area contributed by atoms with Crippen LogP contribution in [0, 0.1) is 24.0 Å². The summed E-state index contributed by atoms with van der Waals surface area (Å²) in [5.41, 5.74) is 14.1. The van der Waals surface area contributed by atoms with Crippen molar-refractivity contribution in [3.8, 4) is 0 Å². The third kappa shape index (κ3) is 7.00. The normalized spacial score (nSPS) is 19.0. The van der Waals surface area contributed by atoms with Gasteiger partial charge in [0, 0.05) is 32.7 Å². The molecule has 0 aromatic heterocycles. The molecule has 0 nitrogen and oxygen atoms in total. The number of allylic oxidation sites excluding steroid dienone is 16. The van der Waals surface area contributed by atoms with Crippen LogP contribution in [0.2, 0.25) is 0 Å². The molecule has 1 radical (unpaired) electrons. The Balaban J connectivity index is 0.00000480. The fourth-order valence-corrected chi connectivity index (χ4v) is 4.30. The fraction of sp³-hybridized carbons (Fsp3) is 0.467. The molecule has 0 aromatic rings. The van der Waals surface area contributed by atoms with Crippen LogP contribution in [-0.4, -0.2) is 0 Å². The van der Waals surface area contributed by atoms with Crippen molar-refractivity contribution in [1.29, 1.82) is 0 Å². The topological polar surface area (TPSA) is 0 Å². The van der Waals surface area contributed by atoms with Crippen LogP contribution in [0.25, 0.3) is 0 Å². The first kappa shape index (κ1) is 28.1. The molecule has 0 saturated heterocycles.